The van der Waals surface area contributed by atoms with Gasteiger partial charge < -0.3 is 15.4 Å². The number of fused-ring (bicyclic) bond motifs is 1. The summed E-state index contributed by atoms with van der Waals surface area (Å²) >= 11 is 0. The van der Waals surface area contributed by atoms with E-state index >= 15 is 0 Å². The van der Waals surface area contributed by atoms with Gasteiger partial charge >= 0.3 is 0 Å². The molecule has 74 valence electrons. The van der Waals surface area contributed by atoms with Crippen LogP contribution < -0.4 is 5.73 Å². The third-order valence-corrected chi connectivity index (χ3v) is 2.52. The van der Waals surface area contributed by atoms with Crippen LogP contribution in [0.1, 0.15) is 11.6 Å². The second kappa shape index (κ2) is 3.44. The maximum absolute atomic E-state index is 9.02. The first-order valence-corrected chi connectivity index (χ1v) is 4.64. The predicted octanol–water partition coefficient (Wildman–Crippen LogP) is 1.17. The zero-order valence-electron chi connectivity index (χ0n) is 8.14. The number of aliphatic hydroxyl groups is 1. The van der Waals surface area contributed by atoms with Crippen molar-refractivity contribution < 1.29 is 5.11 Å². The van der Waals surface area contributed by atoms with Gasteiger partial charge in [0.2, 0.25) is 0 Å². The average Bonchev–Trinajstić information content (AvgIpc) is 2.56. The van der Waals surface area contributed by atoms with Crippen molar-refractivity contribution in [2.45, 2.75) is 6.04 Å². The monoisotopic (exact) mass is 190 g/mol. The molecule has 0 amide bonds. The summed E-state index contributed by atoms with van der Waals surface area (Å²) in [7, 11) is 1.98. The Bertz CT molecular complexity index is 447. The van der Waals surface area contributed by atoms with E-state index in [2.05, 4.69) is 0 Å². The standard InChI is InChI=1S/C11H14N2O/c1-13-6-9(10(12)7-14)8-4-2-3-5-11(8)13/h2-6,10,14H,7,12H2,1H3/t10-/m1/s1. The lowest BCUT2D eigenvalue weighted by Crippen LogP contribution is -2.13. The number of hydrogen-bond donors (Lipinski definition) is 2. The molecule has 1 aromatic heterocycles. The molecule has 0 fully saturated rings. The zero-order valence-corrected chi connectivity index (χ0v) is 8.14. The first-order valence-electron chi connectivity index (χ1n) is 4.64. The van der Waals surface area contributed by atoms with E-state index in [4.69, 9.17) is 10.8 Å². The van der Waals surface area contributed by atoms with Gasteiger partial charge in [-0.1, -0.05) is 18.2 Å². The number of nitrogens with two attached hydrogens (primary N) is 1. The zero-order chi connectivity index (χ0) is 10.1. The smallest absolute Gasteiger partial charge is 0.0625 e. The van der Waals surface area contributed by atoms with Gasteiger partial charge in [0.25, 0.3) is 0 Å². The average molecular weight is 190 g/mol. The lowest BCUT2D eigenvalue weighted by Gasteiger charge is -2.05. The number of rotatable bonds is 2. The molecule has 3 N–H and O–H groups in total. The number of para-hydroxylation sites is 1. The van der Waals surface area contributed by atoms with Crippen LogP contribution in [-0.2, 0) is 7.05 Å². The number of hydrogen-bond acceptors (Lipinski definition) is 2. The number of benzene rings is 1. The molecule has 1 atom stereocenters. The highest BCUT2D eigenvalue weighted by Crippen LogP contribution is 2.24. The highest BCUT2D eigenvalue weighted by Gasteiger charge is 2.11. The van der Waals surface area contributed by atoms with Gasteiger partial charge in [-0.25, -0.2) is 0 Å². The lowest BCUT2D eigenvalue weighted by molar-refractivity contribution is 0.268. The molecule has 0 spiro atoms. The SMILES string of the molecule is Cn1cc([C@H](N)CO)c2ccccc21. The van der Waals surface area contributed by atoms with Crippen LogP contribution >= 0.6 is 0 Å². The van der Waals surface area contributed by atoms with Crippen molar-refractivity contribution in [1.82, 2.24) is 4.57 Å². The Hall–Kier alpha value is -1.32. The highest BCUT2D eigenvalue weighted by atomic mass is 16.3. The normalized spacial score (nSPS) is 13.4. The molecule has 0 aliphatic heterocycles. The van der Waals surface area contributed by atoms with Crippen molar-refractivity contribution in [2.75, 3.05) is 6.61 Å². The molecule has 1 heterocycles. The Morgan fingerprint density at radius 3 is 2.86 bits per heavy atom. The van der Waals surface area contributed by atoms with Crippen LogP contribution in [-0.4, -0.2) is 16.3 Å². The Labute approximate surface area is 82.8 Å². The van der Waals surface area contributed by atoms with E-state index in [1.165, 1.54) is 0 Å². The van der Waals surface area contributed by atoms with E-state index in [0.29, 0.717) is 0 Å². The molecule has 0 aliphatic carbocycles. The van der Waals surface area contributed by atoms with Crippen LogP contribution in [0.25, 0.3) is 10.9 Å². The van der Waals surface area contributed by atoms with Crippen LogP contribution in [0.5, 0.6) is 0 Å². The largest absolute Gasteiger partial charge is 0.394 e. The molecular weight excluding hydrogens is 176 g/mol. The van der Waals surface area contributed by atoms with Crippen molar-refractivity contribution in [3.63, 3.8) is 0 Å². The fourth-order valence-corrected chi connectivity index (χ4v) is 1.77. The molecular formula is C11H14N2O. The Morgan fingerprint density at radius 2 is 2.14 bits per heavy atom. The molecule has 3 heteroatoms. The quantitative estimate of drug-likeness (QED) is 0.747. The summed E-state index contributed by atoms with van der Waals surface area (Å²) in [5, 5.41) is 10.1. The second-order valence-corrected chi connectivity index (χ2v) is 3.50. The maximum Gasteiger partial charge on any atom is 0.0625 e. The van der Waals surface area contributed by atoms with Gasteiger partial charge in [0.1, 0.15) is 0 Å². The summed E-state index contributed by atoms with van der Waals surface area (Å²) in [6, 6.07) is 7.76. The van der Waals surface area contributed by atoms with Gasteiger partial charge in [0, 0.05) is 24.1 Å². The summed E-state index contributed by atoms with van der Waals surface area (Å²) in [6.45, 7) is -0.0198. The third-order valence-electron chi connectivity index (χ3n) is 2.52. The van der Waals surface area contributed by atoms with Crippen molar-refractivity contribution in [2.24, 2.45) is 12.8 Å². The van der Waals surface area contributed by atoms with E-state index in [0.717, 1.165) is 16.5 Å². The predicted molar refractivity (Wildman–Crippen MR) is 56.9 cm³/mol. The molecule has 0 saturated heterocycles. The Kier molecular flexibility index (Phi) is 2.27. The van der Waals surface area contributed by atoms with Crippen LogP contribution in [0.4, 0.5) is 0 Å². The van der Waals surface area contributed by atoms with Crippen molar-refractivity contribution >= 4 is 10.9 Å². The summed E-state index contributed by atoms with van der Waals surface area (Å²) in [5.41, 5.74) is 7.96. The van der Waals surface area contributed by atoms with E-state index in [1.54, 1.807) is 0 Å². The molecule has 14 heavy (non-hydrogen) atoms. The number of nitrogens with zero attached hydrogens (tertiary/aromatic N) is 1. The summed E-state index contributed by atoms with van der Waals surface area (Å²) in [6.07, 6.45) is 1.98. The van der Waals surface area contributed by atoms with Crippen molar-refractivity contribution in [3.05, 3.63) is 36.0 Å². The van der Waals surface area contributed by atoms with Gasteiger partial charge in [-0.3, -0.25) is 0 Å². The van der Waals surface area contributed by atoms with Crippen LogP contribution in [0, 0.1) is 0 Å². The highest BCUT2D eigenvalue weighted by molar-refractivity contribution is 5.84. The fraction of sp³-hybridized carbons (Fsp3) is 0.273. The molecule has 0 saturated carbocycles. The topological polar surface area (TPSA) is 51.2 Å². The maximum atomic E-state index is 9.02. The number of aryl methyl sites for hydroxylation is 1. The number of aromatic nitrogens is 1. The van der Waals surface area contributed by atoms with Crippen LogP contribution in [0.3, 0.4) is 0 Å². The molecule has 0 radical (unpaired) electrons. The van der Waals surface area contributed by atoms with Crippen molar-refractivity contribution in [3.8, 4) is 0 Å². The fourth-order valence-electron chi connectivity index (χ4n) is 1.77. The van der Waals surface area contributed by atoms with E-state index < -0.39 is 0 Å². The number of aliphatic hydroxyl groups excluding tert-OH is 1. The summed E-state index contributed by atoms with van der Waals surface area (Å²) in [4.78, 5) is 0. The third kappa shape index (κ3) is 1.31. The molecule has 1 aromatic carbocycles. The minimum absolute atomic E-state index is 0.0198. The first kappa shape index (κ1) is 9.24. The molecule has 2 rings (SSSR count). The molecule has 0 aliphatic rings. The first-order chi connectivity index (χ1) is 6.74. The van der Waals surface area contributed by atoms with Gasteiger partial charge in [0.15, 0.2) is 0 Å². The Morgan fingerprint density at radius 1 is 1.43 bits per heavy atom. The van der Waals surface area contributed by atoms with E-state index in [9.17, 15) is 0 Å². The molecule has 0 unspecified atom stereocenters. The van der Waals surface area contributed by atoms with Crippen LogP contribution in [0.2, 0.25) is 0 Å². The van der Waals surface area contributed by atoms with E-state index in [-0.39, 0.29) is 12.6 Å². The summed E-state index contributed by atoms with van der Waals surface area (Å²) in [5.74, 6) is 0. The van der Waals surface area contributed by atoms with E-state index in [1.807, 2.05) is 42.1 Å². The molecule has 2 aromatic rings. The minimum Gasteiger partial charge on any atom is -0.394 e. The van der Waals surface area contributed by atoms with Gasteiger partial charge in [-0.15, -0.1) is 0 Å². The lowest BCUT2D eigenvalue weighted by atomic mass is 10.1. The summed E-state index contributed by atoms with van der Waals surface area (Å²) < 4.78 is 2.03. The van der Waals surface area contributed by atoms with Gasteiger partial charge in [-0.05, 0) is 11.6 Å². The van der Waals surface area contributed by atoms with Gasteiger partial charge in [0.05, 0.1) is 12.6 Å². The Balaban J connectivity index is 2.66. The van der Waals surface area contributed by atoms with Gasteiger partial charge in [-0.2, -0.15) is 0 Å². The molecule has 3 nitrogen and oxygen atoms in total. The minimum atomic E-state index is -0.291. The molecule has 0 bridgehead atoms. The van der Waals surface area contributed by atoms with Crippen molar-refractivity contribution in [1.29, 1.82) is 0 Å². The van der Waals surface area contributed by atoms with Crippen LogP contribution in [0.15, 0.2) is 30.5 Å². The second-order valence-electron chi connectivity index (χ2n) is 3.50.